The fourth-order valence-corrected chi connectivity index (χ4v) is 1.49. The van der Waals surface area contributed by atoms with Crippen LogP contribution in [0, 0.1) is 11.8 Å². The van der Waals surface area contributed by atoms with Crippen molar-refractivity contribution in [3.8, 4) is 0 Å². The highest BCUT2D eigenvalue weighted by Crippen LogP contribution is 2.23. The van der Waals surface area contributed by atoms with Crippen LogP contribution in [0.5, 0.6) is 0 Å². The maximum absolute atomic E-state index is 10.3. The molecular formula is C11H9NO. The molecule has 2 rings (SSSR count). The molecule has 0 radical (unpaired) electrons. The molecule has 13 heavy (non-hydrogen) atoms. The maximum atomic E-state index is 10.3. The van der Waals surface area contributed by atoms with Crippen molar-refractivity contribution in [2.24, 2.45) is 5.18 Å². The van der Waals surface area contributed by atoms with Gasteiger partial charge in [0.2, 0.25) is 0 Å². The summed E-state index contributed by atoms with van der Waals surface area (Å²) < 4.78 is 0. The summed E-state index contributed by atoms with van der Waals surface area (Å²) >= 11 is 0. The summed E-state index contributed by atoms with van der Waals surface area (Å²) in [6, 6.07) is 11.5. The van der Waals surface area contributed by atoms with Gasteiger partial charge in [-0.25, -0.2) is 0 Å². The van der Waals surface area contributed by atoms with Crippen LogP contribution in [-0.4, -0.2) is 0 Å². The molecule has 0 aliphatic rings. The molecule has 0 saturated heterocycles. The van der Waals surface area contributed by atoms with Crippen LogP contribution in [0.25, 0.3) is 10.8 Å². The smallest absolute Gasteiger partial charge is 0.108 e. The number of hydrogen-bond acceptors (Lipinski definition) is 2. The van der Waals surface area contributed by atoms with E-state index in [1.54, 1.807) is 12.1 Å². The van der Waals surface area contributed by atoms with Crippen molar-refractivity contribution in [3.05, 3.63) is 46.9 Å². The number of hydrogen-bond donors (Lipinski definition) is 0. The molecule has 0 amide bonds. The number of nitrogens with zero attached hydrogens (tertiary/aromatic N) is 1. The minimum Gasteiger partial charge on any atom is -0.145 e. The van der Waals surface area contributed by atoms with Crippen molar-refractivity contribution >= 4 is 16.5 Å². The Morgan fingerprint density at radius 1 is 1.15 bits per heavy atom. The lowest BCUT2D eigenvalue weighted by Crippen LogP contribution is -1.76. The first-order chi connectivity index (χ1) is 6.31. The van der Waals surface area contributed by atoms with E-state index in [2.05, 4.69) is 18.2 Å². The summed E-state index contributed by atoms with van der Waals surface area (Å²) in [4.78, 5) is 10.3. The Morgan fingerprint density at radius 3 is 2.77 bits per heavy atom. The SMILES string of the molecule is Cc1cccc2cc(N=O)ccc12. The van der Waals surface area contributed by atoms with Gasteiger partial charge in [-0.3, -0.25) is 0 Å². The van der Waals surface area contributed by atoms with Gasteiger partial charge < -0.3 is 0 Å². The molecule has 2 heteroatoms. The van der Waals surface area contributed by atoms with Crippen molar-refractivity contribution in [2.45, 2.75) is 6.92 Å². The van der Waals surface area contributed by atoms with Crippen LogP contribution in [0.4, 0.5) is 5.69 Å². The van der Waals surface area contributed by atoms with Crippen LogP contribution in [-0.2, 0) is 0 Å². The van der Waals surface area contributed by atoms with Crippen LogP contribution in [0.2, 0.25) is 0 Å². The number of rotatable bonds is 1. The Hall–Kier alpha value is -1.70. The molecule has 2 aromatic carbocycles. The van der Waals surface area contributed by atoms with Crippen LogP contribution < -0.4 is 0 Å². The van der Waals surface area contributed by atoms with Crippen molar-refractivity contribution in [1.29, 1.82) is 0 Å². The highest BCUT2D eigenvalue weighted by atomic mass is 16.3. The molecule has 0 spiro atoms. The van der Waals surface area contributed by atoms with E-state index in [4.69, 9.17) is 0 Å². The lowest BCUT2D eigenvalue weighted by Gasteiger charge is -2.00. The van der Waals surface area contributed by atoms with Crippen molar-refractivity contribution < 1.29 is 0 Å². The van der Waals surface area contributed by atoms with Crippen LogP contribution in [0.1, 0.15) is 5.56 Å². The van der Waals surface area contributed by atoms with Gasteiger partial charge in [-0.2, -0.15) is 0 Å². The van der Waals surface area contributed by atoms with Gasteiger partial charge in [0.15, 0.2) is 0 Å². The zero-order valence-electron chi connectivity index (χ0n) is 7.32. The molecule has 0 N–H and O–H groups in total. The molecule has 0 saturated carbocycles. The van der Waals surface area contributed by atoms with E-state index < -0.39 is 0 Å². The Balaban J connectivity index is 2.79. The fraction of sp³-hybridized carbons (Fsp3) is 0.0909. The Bertz CT molecular complexity index is 463. The number of aryl methyl sites for hydroxylation is 1. The normalized spacial score (nSPS) is 10.2. The van der Waals surface area contributed by atoms with Crippen molar-refractivity contribution in [1.82, 2.24) is 0 Å². The molecule has 64 valence electrons. The Kier molecular flexibility index (Phi) is 1.81. The second-order valence-corrected chi connectivity index (χ2v) is 3.07. The third-order valence-electron chi connectivity index (χ3n) is 2.19. The number of nitroso groups, excluding NO2 is 1. The molecule has 0 fully saturated rings. The second-order valence-electron chi connectivity index (χ2n) is 3.07. The quantitative estimate of drug-likeness (QED) is 0.603. The highest BCUT2D eigenvalue weighted by molar-refractivity contribution is 5.87. The van der Waals surface area contributed by atoms with Crippen LogP contribution in [0.15, 0.2) is 41.6 Å². The van der Waals surface area contributed by atoms with E-state index in [0.29, 0.717) is 5.69 Å². The number of fused-ring (bicyclic) bond motifs is 1. The van der Waals surface area contributed by atoms with E-state index in [0.717, 1.165) is 5.39 Å². The summed E-state index contributed by atoms with van der Waals surface area (Å²) in [7, 11) is 0. The molecule has 2 aromatic rings. The van der Waals surface area contributed by atoms with Gasteiger partial charge in [-0.15, -0.1) is 4.91 Å². The summed E-state index contributed by atoms with van der Waals surface area (Å²) in [6.07, 6.45) is 0. The van der Waals surface area contributed by atoms with E-state index in [-0.39, 0.29) is 0 Å². The average molecular weight is 171 g/mol. The van der Waals surface area contributed by atoms with E-state index in [1.165, 1.54) is 10.9 Å². The summed E-state index contributed by atoms with van der Waals surface area (Å²) in [6.45, 7) is 2.05. The lowest BCUT2D eigenvalue weighted by molar-refractivity contribution is 1.49. The molecule has 0 aliphatic heterocycles. The first-order valence-corrected chi connectivity index (χ1v) is 4.14. The Labute approximate surface area is 76.2 Å². The van der Waals surface area contributed by atoms with Gasteiger partial charge >= 0.3 is 0 Å². The third-order valence-corrected chi connectivity index (χ3v) is 2.19. The molecular weight excluding hydrogens is 162 g/mol. The summed E-state index contributed by atoms with van der Waals surface area (Å²) in [5.74, 6) is 0. The number of benzene rings is 2. The van der Waals surface area contributed by atoms with E-state index in [9.17, 15) is 4.91 Å². The van der Waals surface area contributed by atoms with Crippen molar-refractivity contribution in [3.63, 3.8) is 0 Å². The largest absolute Gasteiger partial charge is 0.145 e. The summed E-state index contributed by atoms with van der Waals surface area (Å²) in [5.41, 5.74) is 1.70. The zero-order chi connectivity index (χ0) is 9.26. The first kappa shape index (κ1) is 7.92. The average Bonchev–Trinajstić information content (AvgIpc) is 2.18. The topological polar surface area (TPSA) is 29.4 Å². The van der Waals surface area contributed by atoms with E-state index >= 15 is 0 Å². The van der Waals surface area contributed by atoms with Gasteiger partial charge in [-0.1, -0.05) is 24.3 Å². The second kappa shape index (κ2) is 2.98. The van der Waals surface area contributed by atoms with Gasteiger partial charge in [-0.05, 0) is 40.6 Å². The minimum atomic E-state index is 0.484. The lowest BCUT2D eigenvalue weighted by atomic mass is 10.1. The van der Waals surface area contributed by atoms with E-state index in [1.807, 2.05) is 18.2 Å². The predicted molar refractivity (Wildman–Crippen MR) is 54.1 cm³/mol. The minimum absolute atomic E-state index is 0.484. The molecule has 0 heterocycles. The molecule has 0 aromatic heterocycles. The van der Waals surface area contributed by atoms with Gasteiger partial charge in [0, 0.05) is 0 Å². The van der Waals surface area contributed by atoms with Gasteiger partial charge in [0.25, 0.3) is 0 Å². The monoisotopic (exact) mass is 171 g/mol. The molecule has 0 bridgehead atoms. The molecule has 0 unspecified atom stereocenters. The first-order valence-electron chi connectivity index (χ1n) is 4.14. The van der Waals surface area contributed by atoms with Crippen LogP contribution in [0.3, 0.4) is 0 Å². The molecule has 2 nitrogen and oxygen atoms in total. The fourth-order valence-electron chi connectivity index (χ4n) is 1.49. The third kappa shape index (κ3) is 1.31. The maximum Gasteiger partial charge on any atom is 0.108 e. The van der Waals surface area contributed by atoms with Gasteiger partial charge in [0.05, 0.1) is 0 Å². The summed E-state index contributed by atoms with van der Waals surface area (Å²) in [5, 5.41) is 5.14. The molecule has 0 atom stereocenters. The predicted octanol–water partition coefficient (Wildman–Crippen LogP) is 3.55. The standard InChI is InChI=1S/C11H9NO/c1-8-3-2-4-9-7-10(12-13)5-6-11(8)9/h2-7H,1H3. The Morgan fingerprint density at radius 2 is 2.00 bits per heavy atom. The van der Waals surface area contributed by atoms with Crippen LogP contribution >= 0.6 is 0 Å². The zero-order valence-corrected chi connectivity index (χ0v) is 7.32. The molecule has 0 aliphatic carbocycles. The van der Waals surface area contributed by atoms with Gasteiger partial charge in [0.1, 0.15) is 5.69 Å². The van der Waals surface area contributed by atoms with Crippen molar-refractivity contribution in [2.75, 3.05) is 0 Å². The highest BCUT2D eigenvalue weighted by Gasteiger charge is 1.97.